The topological polar surface area (TPSA) is 12.5 Å². The van der Waals surface area contributed by atoms with Gasteiger partial charge in [0.05, 0.1) is 5.69 Å². The maximum absolute atomic E-state index is 6.14. The molecular weight excluding hydrogens is 210 g/mol. The molecule has 1 unspecified atom stereocenters. The molecule has 0 spiro atoms. The normalized spacial score (nSPS) is 20.1. The Labute approximate surface area is 105 Å². The van der Waals surface area contributed by atoms with E-state index >= 15 is 0 Å². The molecule has 1 aromatic rings. The molecule has 0 aliphatic carbocycles. The lowest BCUT2D eigenvalue weighted by molar-refractivity contribution is 0.0877. The molecule has 1 heterocycles. The Hall–Kier alpha value is -1.18. The number of anilines is 1. The zero-order valence-corrected chi connectivity index (χ0v) is 11.7. The first-order valence-corrected chi connectivity index (χ1v) is 6.26. The summed E-state index contributed by atoms with van der Waals surface area (Å²) in [7, 11) is 0. The number of rotatable bonds is 0. The van der Waals surface area contributed by atoms with Crippen molar-refractivity contribution in [2.24, 2.45) is 5.41 Å². The predicted molar refractivity (Wildman–Crippen MR) is 72.5 cm³/mol. The Morgan fingerprint density at radius 3 is 2.12 bits per heavy atom. The third-order valence-electron chi connectivity index (χ3n) is 3.06. The molecule has 1 aliphatic heterocycles. The van der Waals surface area contributed by atoms with Crippen molar-refractivity contribution >= 4 is 5.69 Å². The van der Waals surface area contributed by atoms with Crippen LogP contribution in [0.4, 0.5) is 5.69 Å². The van der Waals surface area contributed by atoms with E-state index in [1.54, 1.807) is 0 Å². The van der Waals surface area contributed by atoms with E-state index in [4.69, 9.17) is 4.74 Å². The fourth-order valence-electron chi connectivity index (χ4n) is 2.33. The maximum Gasteiger partial charge on any atom is 0.177 e. The molecule has 0 radical (unpaired) electrons. The molecule has 17 heavy (non-hydrogen) atoms. The van der Waals surface area contributed by atoms with Gasteiger partial charge < -0.3 is 9.64 Å². The molecular formula is C15H23NO. The Balaban J connectivity index is 2.48. The van der Waals surface area contributed by atoms with Gasteiger partial charge in [-0.1, -0.05) is 32.9 Å². The fourth-order valence-corrected chi connectivity index (χ4v) is 2.33. The number of hydrogen-bond donors (Lipinski definition) is 0. The van der Waals surface area contributed by atoms with Gasteiger partial charge in [-0.25, -0.2) is 0 Å². The molecule has 2 nitrogen and oxygen atoms in total. The van der Waals surface area contributed by atoms with Gasteiger partial charge >= 0.3 is 0 Å². The average molecular weight is 233 g/mol. The number of hydrogen-bond acceptors (Lipinski definition) is 2. The molecule has 0 saturated heterocycles. The van der Waals surface area contributed by atoms with Crippen LogP contribution in [0.15, 0.2) is 24.3 Å². The van der Waals surface area contributed by atoms with Crippen molar-refractivity contribution in [3.8, 4) is 5.75 Å². The van der Waals surface area contributed by atoms with Gasteiger partial charge in [-0.3, -0.25) is 0 Å². The van der Waals surface area contributed by atoms with Crippen molar-refractivity contribution in [1.82, 2.24) is 0 Å². The van der Waals surface area contributed by atoms with Gasteiger partial charge in [0, 0.05) is 11.0 Å². The van der Waals surface area contributed by atoms with Gasteiger partial charge in [0.25, 0.3) is 0 Å². The second kappa shape index (κ2) is 3.66. The minimum Gasteiger partial charge on any atom is -0.468 e. The first-order valence-electron chi connectivity index (χ1n) is 6.26. The summed E-state index contributed by atoms with van der Waals surface area (Å²) in [5.41, 5.74) is 1.36. The zero-order chi connectivity index (χ0) is 12.8. The van der Waals surface area contributed by atoms with Crippen LogP contribution in [-0.2, 0) is 0 Å². The van der Waals surface area contributed by atoms with E-state index in [9.17, 15) is 0 Å². The summed E-state index contributed by atoms with van der Waals surface area (Å²) in [6, 6.07) is 8.31. The highest BCUT2D eigenvalue weighted by Gasteiger charge is 2.43. The first kappa shape index (κ1) is 12.3. The lowest BCUT2D eigenvalue weighted by Gasteiger charge is -2.42. The summed E-state index contributed by atoms with van der Waals surface area (Å²) in [5, 5.41) is 0. The highest BCUT2D eigenvalue weighted by Crippen LogP contribution is 2.45. The highest BCUT2D eigenvalue weighted by molar-refractivity contribution is 5.64. The van der Waals surface area contributed by atoms with E-state index in [2.05, 4.69) is 64.6 Å². The molecule has 1 atom stereocenters. The summed E-state index contributed by atoms with van der Waals surface area (Å²) in [6.07, 6.45) is 0.0971. The lowest BCUT2D eigenvalue weighted by Crippen LogP contribution is -2.53. The third-order valence-corrected chi connectivity index (χ3v) is 3.06. The Morgan fingerprint density at radius 1 is 1.00 bits per heavy atom. The number of benzene rings is 1. The van der Waals surface area contributed by atoms with Crippen molar-refractivity contribution in [3.05, 3.63) is 24.3 Å². The summed E-state index contributed by atoms with van der Waals surface area (Å²) in [5.74, 6) is 1.00. The molecule has 0 fully saturated rings. The van der Waals surface area contributed by atoms with E-state index in [1.807, 2.05) is 6.07 Å². The quantitative estimate of drug-likeness (QED) is 0.670. The Bertz CT molecular complexity index is 412. The summed E-state index contributed by atoms with van der Waals surface area (Å²) in [4.78, 5) is 2.39. The van der Waals surface area contributed by atoms with E-state index in [-0.39, 0.29) is 17.2 Å². The van der Waals surface area contributed by atoms with Crippen LogP contribution in [0.1, 0.15) is 41.5 Å². The van der Waals surface area contributed by atoms with Crippen LogP contribution in [-0.4, -0.2) is 11.8 Å². The minimum absolute atomic E-state index is 0.0601. The van der Waals surface area contributed by atoms with E-state index in [1.165, 1.54) is 5.69 Å². The van der Waals surface area contributed by atoms with Gasteiger partial charge in [-0.15, -0.1) is 0 Å². The minimum atomic E-state index is 0.0601. The van der Waals surface area contributed by atoms with Crippen LogP contribution in [0.5, 0.6) is 5.75 Å². The largest absolute Gasteiger partial charge is 0.468 e. The Kier molecular flexibility index (Phi) is 2.64. The van der Waals surface area contributed by atoms with Gasteiger partial charge in [0.1, 0.15) is 5.75 Å². The zero-order valence-electron chi connectivity index (χ0n) is 11.7. The number of fused-ring (bicyclic) bond motifs is 1. The van der Waals surface area contributed by atoms with Gasteiger partial charge in [-0.2, -0.15) is 0 Å². The second-order valence-corrected chi connectivity index (χ2v) is 6.84. The monoisotopic (exact) mass is 233 g/mol. The van der Waals surface area contributed by atoms with Crippen molar-refractivity contribution in [1.29, 1.82) is 0 Å². The number of ether oxygens (including phenoxy) is 1. The second-order valence-electron chi connectivity index (χ2n) is 6.84. The summed E-state index contributed by atoms with van der Waals surface area (Å²) in [6.45, 7) is 13.4. The molecule has 0 N–H and O–H groups in total. The summed E-state index contributed by atoms with van der Waals surface area (Å²) < 4.78 is 6.14. The van der Waals surface area contributed by atoms with Gasteiger partial charge in [0.15, 0.2) is 6.23 Å². The summed E-state index contributed by atoms with van der Waals surface area (Å²) >= 11 is 0. The predicted octanol–water partition coefficient (Wildman–Crippen LogP) is 4.06. The standard InChI is InChI=1S/C15H23NO/c1-14(2,3)13-16(15(4,5)6)11-9-7-8-10-12(11)17-13/h7-10,13H,1-6H3. The van der Waals surface area contributed by atoms with Crippen molar-refractivity contribution < 1.29 is 4.74 Å². The molecule has 1 aromatic carbocycles. The van der Waals surface area contributed by atoms with E-state index in [0.29, 0.717) is 0 Å². The maximum atomic E-state index is 6.14. The lowest BCUT2D eigenvalue weighted by atomic mass is 9.90. The molecule has 2 heteroatoms. The van der Waals surface area contributed by atoms with Gasteiger partial charge in [0.2, 0.25) is 0 Å². The van der Waals surface area contributed by atoms with Crippen molar-refractivity contribution in [2.45, 2.75) is 53.3 Å². The molecule has 0 bridgehead atoms. The van der Waals surface area contributed by atoms with E-state index < -0.39 is 0 Å². The van der Waals surface area contributed by atoms with E-state index in [0.717, 1.165) is 5.75 Å². The smallest absolute Gasteiger partial charge is 0.177 e. The molecule has 0 saturated carbocycles. The number of nitrogens with zero attached hydrogens (tertiary/aromatic N) is 1. The first-order chi connectivity index (χ1) is 7.71. The SMILES string of the molecule is CC(C)(C)C1Oc2ccccc2N1C(C)(C)C. The average Bonchev–Trinajstić information content (AvgIpc) is 2.54. The van der Waals surface area contributed by atoms with Crippen LogP contribution in [0, 0.1) is 5.41 Å². The van der Waals surface area contributed by atoms with Crippen LogP contribution >= 0.6 is 0 Å². The van der Waals surface area contributed by atoms with Gasteiger partial charge in [-0.05, 0) is 32.9 Å². The third kappa shape index (κ3) is 2.13. The van der Waals surface area contributed by atoms with Crippen molar-refractivity contribution in [2.75, 3.05) is 4.90 Å². The Morgan fingerprint density at radius 2 is 1.59 bits per heavy atom. The van der Waals surface area contributed by atoms with Crippen molar-refractivity contribution in [3.63, 3.8) is 0 Å². The van der Waals surface area contributed by atoms with Crippen LogP contribution in [0.25, 0.3) is 0 Å². The molecule has 94 valence electrons. The van der Waals surface area contributed by atoms with Crippen LogP contribution in [0.2, 0.25) is 0 Å². The molecule has 1 aliphatic rings. The molecule has 0 aromatic heterocycles. The highest BCUT2D eigenvalue weighted by atomic mass is 16.5. The fraction of sp³-hybridized carbons (Fsp3) is 0.600. The molecule has 2 rings (SSSR count). The van der Waals surface area contributed by atoms with Crippen LogP contribution < -0.4 is 9.64 Å². The van der Waals surface area contributed by atoms with Crippen LogP contribution in [0.3, 0.4) is 0 Å². The number of para-hydroxylation sites is 2. The molecule has 0 amide bonds.